The molecule has 0 radical (unpaired) electrons. The van der Waals surface area contributed by atoms with E-state index < -0.39 is 11.9 Å². The Balaban J connectivity index is 0.656. The molecule has 3 saturated heterocycles. The molecule has 0 bridgehead atoms. The molecule has 1 unspecified atom stereocenters. The van der Waals surface area contributed by atoms with Crippen LogP contribution in [0.2, 0.25) is 0 Å². The number of hydrogen-bond donors (Lipinski definition) is 4. The molecule has 1 atom stereocenters. The number of amides is 5. The topological polar surface area (TPSA) is 225 Å². The largest absolute Gasteiger partial charge is 0.355 e. The zero-order valence-corrected chi connectivity index (χ0v) is 39.9. The molecule has 5 amide bonds. The van der Waals surface area contributed by atoms with Gasteiger partial charge in [-0.2, -0.15) is 5.10 Å². The molecule has 0 aliphatic carbocycles. The van der Waals surface area contributed by atoms with Gasteiger partial charge in [0.25, 0.3) is 17.7 Å². The van der Waals surface area contributed by atoms with Crippen molar-refractivity contribution < 1.29 is 24.0 Å². The number of piperidine rings is 3. The van der Waals surface area contributed by atoms with Crippen LogP contribution in [-0.4, -0.2) is 121 Å². The number of aromatic nitrogens is 5. The van der Waals surface area contributed by atoms with Crippen LogP contribution in [-0.2, 0) is 22.7 Å². The van der Waals surface area contributed by atoms with E-state index >= 15 is 0 Å². The minimum atomic E-state index is -0.682. The quantitative estimate of drug-likeness (QED) is 0.122. The lowest BCUT2D eigenvalue weighted by Gasteiger charge is -2.39. The smallest absolute Gasteiger partial charge is 0.275 e. The summed E-state index contributed by atoms with van der Waals surface area (Å²) in [5.74, 6) is -0.763. The Morgan fingerprint density at radius 2 is 1.74 bits per heavy atom. The standard InChI is InChI=1S/C49H53N13O5S2/c1-49(50)15-21-60(22-16-49)41-26-52-43(27-51-41)69-35-4-2-3-33(24-35)54-45(65)39-29-68-48(55-39)61-19-13-34(14-20-61)59-17-11-31(12-18-59)37-7-8-38(58-57-37)44(64)53-25-30-5-6-36-32(23-30)28-62(47(36)67)40-9-10-42(63)56-46(40)66/h2-8,11,23-24,26-27,29,34,40H,9-10,12-22,25,28,50H2,1H3,(H,53,64)(H,54,65)(H,56,63,66). The lowest BCUT2D eigenvalue weighted by molar-refractivity contribution is -0.136. The maximum atomic E-state index is 13.3. The maximum Gasteiger partial charge on any atom is 0.275 e. The fourth-order valence-electron chi connectivity index (χ4n) is 9.55. The Morgan fingerprint density at radius 3 is 2.48 bits per heavy atom. The second-order valence-corrected chi connectivity index (χ2v) is 20.5. The monoisotopic (exact) mass is 967 g/mol. The molecule has 69 heavy (non-hydrogen) atoms. The van der Waals surface area contributed by atoms with Gasteiger partial charge < -0.3 is 31.1 Å². The van der Waals surface area contributed by atoms with Gasteiger partial charge in [-0.15, -0.1) is 16.4 Å². The minimum Gasteiger partial charge on any atom is -0.355 e. The first-order chi connectivity index (χ1) is 33.4. The number of rotatable bonds is 12. The molecule has 5 aromatic rings. The van der Waals surface area contributed by atoms with Gasteiger partial charge in [0.2, 0.25) is 11.8 Å². The number of hydrogen-bond acceptors (Lipinski definition) is 16. The molecule has 3 fully saturated rings. The van der Waals surface area contributed by atoms with Gasteiger partial charge in [-0.05, 0) is 98.5 Å². The number of nitrogens with zero attached hydrogens (tertiary/aromatic N) is 9. The third-order valence-corrected chi connectivity index (χ3v) is 15.5. The minimum absolute atomic E-state index is 0.125. The average molecular weight is 968 g/mol. The van der Waals surface area contributed by atoms with Crippen molar-refractivity contribution in [2.45, 2.75) is 92.5 Å². The molecule has 5 aliphatic rings. The van der Waals surface area contributed by atoms with Crippen molar-refractivity contribution in [3.63, 3.8) is 0 Å². The van der Waals surface area contributed by atoms with Gasteiger partial charge in [0.1, 0.15) is 22.6 Å². The predicted octanol–water partition coefficient (Wildman–Crippen LogP) is 4.89. The van der Waals surface area contributed by atoms with Crippen LogP contribution < -0.4 is 31.5 Å². The predicted molar refractivity (Wildman–Crippen MR) is 262 cm³/mol. The van der Waals surface area contributed by atoms with Gasteiger partial charge in [-0.25, -0.2) is 15.0 Å². The Hall–Kier alpha value is -6.61. The van der Waals surface area contributed by atoms with E-state index in [-0.39, 0.29) is 54.4 Å². The number of anilines is 3. The van der Waals surface area contributed by atoms with Gasteiger partial charge in [-0.3, -0.25) is 34.2 Å². The summed E-state index contributed by atoms with van der Waals surface area (Å²) in [6.07, 6.45) is 10.9. The Kier molecular flexibility index (Phi) is 13.2. The van der Waals surface area contributed by atoms with Gasteiger partial charge >= 0.3 is 0 Å². The summed E-state index contributed by atoms with van der Waals surface area (Å²) in [6.45, 7) is 7.72. The summed E-state index contributed by atoms with van der Waals surface area (Å²) >= 11 is 2.99. The molecule has 3 aromatic heterocycles. The molecule has 5 aliphatic heterocycles. The molecule has 5 N–H and O–H groups in total. The van der Waals surface area contributed by atoms with Crippen LogP contribution in [0.3, 0.4) is 0 Å². The second kappa shape index (κ2) is 19.8. The van der Waals surface area contributed by atoms with Crippen LogP contribution in [0.1, 0.15) is 100 Å². The van der Waals surface area contributed by atoms with Crippen LogP contribution in [0.5, 0.6) is 0 Å². The molecular weight excluding hydrogens is 915 g/mol. The molecule has 10 rings (SSSR count). The fraction of sp³-hybridized carbons (Fsp3) is 0.388. The Morgan fingerprint density at radius 1 is 0.899 bits per heavy atom. The third-order valence-electron chi connectivity index (χ3n) is 13.6. The Labute approximate surface area is 407 Å². The zero-order chi connectivity index (χ0) is 47.6. The number of benzene rings is 2. The van der Waals surface area contributed by atoms with Gasteiger partial charge in [0.05, 0.1) is 18.1 Å². The highest BCUT2D eigenvalue weighted by Gasteiger charge is 2.39. The SMILES string of the molecule is CC1(N)CCN(c2cnc(Sc3cccc(NC(=O)c4csc(N5CCC(N6CC=C(c7ccc(C(=O)NCc8ccc9c(c8)CN(C8CCC(=O)NC8=O)C9=O)nn7)CC6)CC5)n4)c3)cn2)CC1. The molecular formula is C49H53N13O5S2. The van der Waals surface area contributed by atoms with E-state index in [4.69, 9.17) is 10.7 Å². The maximum absolute atomic E-state index is 13.3. The van der Waals surface area contributed by atoms with E-state index in [1.54, 1.807) is 24.4 Å². The molecule has 356 valence electrons. The van der Waals surface area contributed by atoms with Crippen LogP contribution in [0.4, 0.5) is 16.6 Å². The van der Waals surface area contributed by atoms with Crippen molar-refractivity contribution in [2.75, 3.05) is 54.4 Å². The summed E-state index contributed by atoms with van der Waals surface area (Å²) in [4.78, 5) is 86.9. The number of nitrogens with one attached hydrogen (secondary N) is 3. The lowest BCUT2D eigenvalue weighted by Crippen LogP contribution is -2.52. The molecule has 20 heteroatoms. The number of carbonyl (C=O) groups is 5. The molecule has 8 heterocycles. The first-order valence-electron chi connectivity index (χ1n) is 23.4. The van der Waals surface area contributed by atoms with E-state index in [0.717, 1.165) is 115 Å². The van der Waals surface area contributed by atoms with E-state index in [1.165, 1.54) is 28.0 Å². The molecule has 2 aromatic carbocycles. The van der Waals surface area contributed by atoms with Gasteiger partial charge in [-0.1, -0.05) is 36.0 Å². The van der Waals surface area contributed by atoms with Gasteiger partial charge in [0.15, 0.2) is 10.8 Å². The third kappa shape index (κ3) is 10.5. The second-order valence-electron chi connectivity index (χ2n) is 18.5. The summed E-state index contributed by atoms with van der Waals surface area (Å²) in [5.41, 5.74) is 11.4. The lowest BCUT2D eigenvalue weighted by atomic mass is 9.91. The van der Waals surface area contributed by atoms with Crippen LogP contribution in [0.15, 0.2) is 88.4 Å². The van der Waals surface area contributed by atoms with Gasteiger partial charge in [0, 0.05) is 91.9 Å². The number of fused-ring (bicyclic) bond motifs is 1. The highest BCUT2D eigenvalue weighted by atomic mass is 32.2. The highest BCUT2D eigenvalue weighted by molar-refractivity contribution is 7.99. The van der Waals surface area contributed by atoms with Crippen molar-refractivity contribution in [1.82, 2.24) is 45.6 Å². The highest BCUT2D eigenvalue weighted by Crippen LogP contribution is 2.32. The van der Waals surface area contributed by atoms with Crippen LogP contribution >= 0.6 is 23.1 Å². The van der Waals surface area contributed by atoms with Crippen LogP contribution in [0, 0.1) is 0 Å². The molecule has 18 nitrogen and oxygen atoms in total. The van der Waals surface area contributed by atoms with Crippen molar-refractivity contribution in [1.29, 1.82) is 0 Å². The number of imide groups is 1. The summed E-state index contributed by atoms with van der Waals surface area (Å²) in [6, 6.07) is 16.3. The van der Waals surface area contributed by atoms with E-state index in [2.05, 4.69) is 63.8 Å². The van der Waals surface area contributed by atoms with Crippen molar-refractivity contribution in [2.24, 2.45) is 5.73 Å². The summed E-state index contributed by atoms with van der Waals surface area (Å²) in [5, 5.41) is 20.3. The zero-order valence-electron chi connectivity index (χ0n) is 38.2. The number of carbonyl (C=O) groups excluding carboxylic acids is 5. The fourth-order valence-corrected chi connectivity index (χ4v) is 11.2. The summed E-state index contributed by atoms with van der Waals surface area (Å²) in [7, 11) is 0. The number of thiazole rings is 1. The van der Waals surface area contributed by atoms with Crippen molar-refractivity contribution >= 4 is 74.8 Å². The first kappa shape index (κ1) is 46.1. The molecule has 0 spiro atoms. The van der Waals surface area contributed by atoms with E-state index in [1.807, 2.05) is 48.0 Å². The Bertz CT molecular complexity index is 2800. The van der Waals surface area contributed by atoms with E-state index in [0.29, 0.717) is 29.4 Å². The van der Waals surface area contributed by atoms with E-state index in [9.17, 15) is 24.0 Å². The average Bonchev–Trinajstić information content (AvgIpc) is 3.99. The normalized spacial score (nSPS) is 19.8. The molecule has 0 saturated carbocycles. The van der Waals surface area contributed by atoms with Crippen molar-refractivity contribution in [3.8, 4) is 0 Å². The summed E-state index contributed by atoms with van der Waals surface area (Å²) < 4.78 is 0. The number of nitrogens with two attached hydrogens (primary N) is 1. The van der Waals surface area contributed by atoms with Crippen molar-refractivity contribution in [3.05, 3.63) is 112 Å². The van der Waals surface area contributed by atoms with Crippen LogP contribution in [0.25, 0.3) is 5.57 Å². The first-order valence-corrected chi connectivity index (χ1v) is 25.1.